The van der Waals surface area contributed by atoms with Crippen LogP contribution in [0.1, 0.15) is 29.6 Å². The van der Waals surface area contributed by atoms with Gasteiger partial charge in [0, 0.05) is 24.6 Å². The standard InChI is InChI=1S/C11H10ClNO/c1-2-3-4-5-10(14)9-6-7-11(12)13-8-9/h1,6-8H,3-5H2. The number of unbranched alkanes of at least 4 members (excludes halogenated alkanes) is 1. The van der Waals surface area contributed by atoms with Crippen LogP contribution in [-0.2, 0) is 0 Å². The lowest BCUT2D eigenvalue weighted by Gasteiger charge is -1.98. The Morgan fingerprint density at radius 2 is 2.36 bits per heavy atom. The molecule has 14 heavy (non-hydrogen) atoms. The zero-order valence-corrected chi connectivity index (χ0v) is 8.42. The van der Waals surface area contributed by atoms with Gasteiger partial charge in [0.15, 0.2) is 5.78 Å². The average Bonchev–Trinajstić information content (AvgIpc) is 2.19. The van der Waals surface area contributed by atoms with Crippen LogP contribution in [0.3, 0.4) is 0 Å². The highest BCUT2D eigenvalue weighted by Crippen LogP contribution is 2.09. The third kappa shape index (κ3) is 3.20. The van der Waals surface area contributed by atoms with Gasteiger partial charge >= 0.3 is 0 Å². The molecule has 0 aliphatic heterocycles. The molecule has 0 radical (unpaired) electrons. The van der Waals surface area contributed by atoms with Crippen LogP contribution in [-0.4, -0.2) is 10.8 Å². The number of ketones is 1. The predicted octanol–water partition coefficient (Wildman–Crippen LogP) is 2.72. The number of carbonyl (C=O) groups excluding carboxylic acids is 1. The van der Waals surface area contributed by atoms with Crippen molar-refractivity contribution < 1.29 is 4.79 Å². The molecule has 0 atom stereocenters. The predicted molar refractivity (Wildman–Crippen MR) is 56.3 cm³/mol. The van der Waals surface area contributed by atoms with Gasteiger partial charge in [-0.15, -0.1) is 12.3 Å². The van der Waals surface area contributed by atoms with Crippen LogP contribution in [0.15, 0.2) is 18.3 Å². The first-order valence-corrected chi connectivity index (χ1v) is 4.70. The second-order valence-electron chi connectivity index (χ2n) is 2.85. The van der Waals surface area contributed by atoms with Gasteiger partial charge in [-0.25, -0.2) is 4.98 Å². The third-order valence-electron chi connectivity index (χ3n) is 1.77. The normalized spacial score (nSPS) is 9.43. The van der Waals surface area contributed by atoms with Gasteiger partial charge in [-0.2, -0.15) is 0 Å². The van der Waals surface area contributed by atoms with E-state index in [1.54, 1.807) is 12.1 Å². The second kappa shape index (κ2) is 5.41. The summed E-state index contributed by atoms with van der Waals surface area (Å²) >= 11 is 5.59. The molecule has 0 fully saturated rings. The molecule has 1 heterocycles. The Labute approximate surface area is 88.3 Å². The molecule has 1 aromatic heterocycles. The van der Waals surface area contributed by atoms with Crippen LogP contribution in [0.5, 0.6) is 0 Å². The Bertz CT molecular complexity index is 351. The number of Topliss-reactive ketones (excluding diaryl/α,β-unsaturated/α-hetero) is 1. The van der Waals surface area contributed by atoms with E-state index in [0.29, 0.717) is 23.6 Å². The van der Waals surface area contributed by atoms with Crippen molar-refractivity contribution in [1.29, 1.82) is 0 Å². The lowest BCUT2D eigenvalue weighted by Crippen LogP contribution is -1.99. The van der Waals surface area contributed by atoms with Gasteiger partial charge in [0.1, 0.15) is 5.15 Å². The lowest BCUT2D eigenvalue weighted by molar-refractivity contribution is 0.0980. The first-order chi connectivity index (χ1) is 6.74. The zero-order valence-electron chi connectivity index (χ0n) is 7.66. The summed E-state index contributed by atoms with van der Waals surface area (Å²) in [7, 11) is 0. The molecule has 0 saturated carbocycles. The van der Waals surface area contributed by atoms with Crippen molar-refractivity contribution in [2.45, 2.75) is 19.3 Å². The van der Waals surface area contributed by atoms with Gasteiger partial charge in [0.25, 0.3) is 0 Å². The summed E-state index contributed by atoms with van der Waals surface area (Å²) < 4.78 is 0. The molecule has 2 nitrogen and oxygen atoms in total. The summed E-state index contributed by atoms with van der Waals surface area (Å²) in [5.41, 5.74) is 0.589. The third-order valence-corrected chi connectivity index (χ3v) is 2.00. The topological polar surface area (TPSA) is 30.0 Å². The molecule has 0 aliphatic rings. The summed E-state index contributed by atoms with van der Waals surface area (Å²) in [6.45, 7) is 0. The molecule has 72 valence electrons. The molecule has 0 N–H and O–H groups in total. The highest BCUT2D eigenvalue weighted by molar-refractivity contribution is 6.29. The van der Waals surface area contributed by atoms with Crippen molar-refractivity contribution in [1.82, 2.24) is 4.98 Å². The number of hydrogen-bond acceptors (Lipinski definition) is 2. The SMILES string of the molecule is C#CCCCC(=O)c1ccc(Cl)nc1. The maximum Gasteiger partial charge on any atom is 0.164 e. The van der Waals surface area contributed by atoms with Crippen molar-refractivity contribution in [3.8, 4) is 12.3 Å². The van der Waals surface area contributed by atoms with Gasteiger partial charge in [0.05, 0.1) is 0 Å². The maximum atomic E-state index is 11.5. The quantitative estimate of drug-likeness (QED) is 0.329. The van der Waals surface area contributed by atoms with Crippen LogP contribution < -0.4 is 0 Å². The molecule has 3 heteroatoms. The maximum absolute atomic E-state index is 11.5. The Morgan fingerprint density at radius 3 is 2.93 bits per heavy atom. The fourth-order valence-electron chi connectivity index (χ4n) is 1.04. The average molecular weight is 208 g/mol. The summed E-state index contributed by atoms with van der Waals surface area (Å²) in [6, 6.07) is 3.28. The van der Waals surface area contributed by atoms with Gasteiger partial charge in [-0.1, -0.05) is 11.6 Å². The largest absolute Gasteiger partial charge is 0.294 e. The number of aromatic nitrogens is 1. The van der Waals surface area contributed by atoms with Crippen LogP contribution in [0.4, 0.5) is 0 Å². The molecule has 0 saturated heterocycles. The van der Waals surface area contributed by atoms with Crippen molar-refractivity contribution in [3.63, 3.8) is 0 Å². The van der Waals surface area contributed by atoms with Crippen LogP contribution in [0.2, 0.25) is 5.15 Å². The fourth-order valence-corrected chi connectivity index (χ4v) is 1.15. The van der Waals surface area contributed by atoms with E-state index < -0.39 is 0 Å². The van der Waals surface area contributed by atoms with Gasteiger partial charge in [-0.05, 0) is 18.6 Å². The van der Waals surface area contributed by atoms with Crippen LogP contribution in [0.25, 0.3) is 0 Å². The minimum absolute atomic E-state index is 0.0596. The minimum atomic E-state index is 0.0596. The molecule has 0 amide bonds. The zero-order chi connectivity index (χ0) is 10.4. The van der Waals surface area contributed by atoms with E-state index >= 15 is 0 Å². The van der Waals surface area contributed by atoms with E-state index in [1.165, 1.54) is 6.20 Å². The Kier molecular flexibility index (Phi) is 4.15. The molecular formula is C11H10ClNO. The molecule has 0 unspecified atom stereocenters. The highest BCUT2D eigenvalue weighted by atomic mass is 35.5. The molecule has 0 aliphatic carbocycles. The Morgan fingerprint density at radius 1 is 1.57 bits per heavy atom. The van der Waals surface area contributed by atoms with Gasteiger partial charge in [0.2, 0.25) is 0 Å². The number of nitrogens with zero attached hydrogens (tertiary/aromatic N) is 1. The number of terminal acetylenes is 1. The highest BCUT2D eigenvalue weighted by Gasteiger charge is 2.04. The summed E-state index contributed by atoms with van der Waals surface area (Å²) in [5.74, 6) is 2.55. The molecule has 1 aromatic rings. The van der Waals surface area contributed by atoms with E-state index in [1.807, 2.05) is 0 Å². The minimum Gasteiger partial charge on any atom is -0.294 e. The first kappa shape index (κ1) is 10.7. The monoisotopic (exact) mass is 207 g/mol. The van der Waals surface area contributed by atoms with Crippen molar-refractivity contribution in [2.24, 2.45) is 0 Å². The number of halogens is 1. The lowest BCUT2D eigenvalue weighted by atomic mass is 10.1. The summed E-state index contributed by atoms with van der Waals surface area (Å²) in [5, 5.41) is 0.394. The van der Waals surface area contributed by atoms with Gasteiger partial charge < -0.3 is 0 Å². The van der Waals surface area contributed by atoms with Crippen molar-refractivity contribution >= 4 is 17.4 Å². The van der Waals surface area contributed by atoms with E-state index in [0.717, 1.165) is 6.42 Å². The molecule has 0 spiro atoms. The molecule has 0 aromatic carbocycles. The number of rotatable bonds is 4. The Balaban J connectivity index is 2.53. The number of carbonyl (C=O) groups is 1. The van der Waals surface area contributed by atoms with E-state index in [2.05, 4.69) is 10.9 Å². The fraction of sp³-hybridized carbons (Fsp3) is 0.273. The second-order valence-corrected chi connectivity index (χ2v) is 3.24. The number of hydrogen-bond donors (Lipinski definition) is 0. The van der Waals surface area contributed by atoms with E-state index in [-0.39, 0.29) is 5.78 Å². The van der Waals surface area contributed by atoms with Crippen LogP contribution >= 0.6 is 11.6 Å². The van der Waals surface area contributed by atoms with Crippen LogP contribution in [0, 0.1) is 12.3 Å². The molecule has 1 rings (SSSR count). The summed E-state index contributed by atoms with van der Waals surface area (Å²) in [4.78, 5) is 15.3. The van der Waals surface area contributed by atoms with Crippen molar-refractivity contribution in [2.75, 3.05) is 0 Å². The van der Waals surface area contributed by atoms with Crippen molar-refractivity contribution in [3.05, 3.63) is 29.0 Å². The number of pyridine rings is 1. The Hall–Kier alpha value is -1.33. The molecular weight excluding hydrogens is 198 g/mol. The smallest absolute Gasteiger partial charge is 0.164 e. The van der Waals surface area contributed by atoms with E-state index in [9.17, 15) is 4.79 Å². The van der Waals surface area contributed by atoms with E-state index in [4.69, 9.17) is 18.0 Å². The first-order valence-electron chi connectivity index (χ1n) is 4.32. The summed E-state index contributed by atoms with van der Waals surface area (Å²) in [6.07, 6.45) is 8.39. The van der Waals surface area contributed by atoms with Gasteiger partial charge in [-0.3, -0.25) is 4.79 Å². The molecule has 0 bridgehead atoms.